The summed E-state index contributed by atoms with van der Waals surface area (Å²) >= 11 is 0. The maximum absolute atomic E-state index is 12.2. The van der Waals surface area contributed by atoms with Gasteiger partial charge < -0.3 is 10.2 Å². The highest BCUT2D eigenvalue weighted by Gasteiger charge is 2.38. The van der Waals surface area contributed by atoms with Crippen LogP contribution in [0.5, 0.6) is 0 Å². The summed E-state index contributed by atoms with van der Waals surface area (Å²) in [5.74, 6) is 0.138. The minimum atomic E-state index is -0.525. The molecule has 2 amide bonds. The zero-order chi connectivity index (χ0) is 15.6. The van der Waals surface area contributed by atoms with Gasteiger partial charge in [-0.3, -0.25) is 9.59 Å². The first-order valence-corrected chi connectivity index (χ1v) is 7.55. The number of likely N-dealkylation sites (N-methyl/N-ethyl adjacent to an activating group) is 1. The van der Waals surface area contributed by atoms with Gasteiger partial charge in [-0.25, -0.2) is 0 Å². The van der Waals surface area contributed by atoms with Crippen LogP contribution in [0.15, 0.2) is 18.2 Å². The highest BCUT2D eigenvalue weighted by Crippen LogP contribution is 2.37. The summed E-state index contributed by atoms with van der Waals surface area (Å²) in [6.45, 7) is 6.73. The van der Waals surface area contributed by atoms with Crippen LogP contribution in [0.1, 0.15) is 44.7 Å². The van der Waals surface area contributed by atoms with Crippen LogP contribution in [-0.2, 0) is 21.4 Å². The lowest BCUT2D eigenvalue weighted by atomic mass is 9.85. The molecule has 0 saturated carbocycles. The van der Waals surface area contributed by atoms with Crippen LogP contribution >= 0.6 is 0 Å². The lowest BCUT2D eigenvalue weighted by molar-refractivity contribution is -0.129. The lowest BCUT2D eigenvalue weighted by Gasteiger charge is -2.18. The fourth-order valence-corrected chi connectivity index (χ4v) is 2.56. The molecule has 114 valence electrons. The molecule has 0 radical (unpaired) electrons. The number of unbranched alkanes of at least 4 members (excludes halogenated alkanes) is 1. The van der Waals surface area contributed by atoms with Crippen molar-refractivity contribution in [3.8, 4) is 0 Å². The summed E-state index contributed by atoms with van der Waals surface area (Å²) in [5.41, 5.74) is 2.28. The fourth-order valence-electron chi connectivity index (χ4n) is 2.56. The van der Waals surface area contributed by atoms with E-state index in [1.165, 1.54) is 0 Å². The Hall–Kier alpha value is -1.84. The van der Waals surface area contributed by atoms with Gasteiger partial charge in [0.1, 0.15) is 0 Å². The first kappa shape index (κ1) is 15.5. The Balaban J connectivity index is 2.12. The van der Waals surface area contributed by atoms with E-state index in [0.29, 0.717) is 6.42 Å². The van der Waals surface area contributed by atoms with Gasteiger partial charge in [-0.05, 0) is 37.5 Å². The van der Waals surface area contributed by atoms with E-state index in [0.717, 1.165) is 36.2 Å². The molecule has 0 fully saturated rings. The quantitative estimate of drug-likeness (QED) is 0.905. The van der Waals surface area contributed by atoms with Crippen LogP contribution in [0.25, 0.3) is 0 Å². The normalized spacial score (nSPS) is 15.5. The van der Waals surface area contributed by atoms with Gasteiger partial charge in [-0.2, -0.15) is 0 Å². The molecule has 0 atom stereocenters. The Morgan fingerprint density at radius 1 is 1.33 bits per heavy atom. The standard InChI is InChI=1S/C17H24N2O2/c1-5-6-9-19(4)15(20)11-12-7-8-14-13(10-12)17(2,3)16(21)18-14/h7-8,10H,5-6,9,11H2,1-4H3,(H,18,21). The zero-order valence-electron chi connectivity index (χ0n) is 13.3. The molecular formula is C17H24N2O2. The molecule has 1 heterocycles. The van der Waals surface area contributed by atoms with Gasteiger partial charge in [0.25, 0.3) is 0 Å². The summed E-state index contributed by atoms with van der Waals surface area (Å²) in [4.78, 5) is 25.9. The molecule has 0 aliphatic carbocycles. The number of hydrogen-bond donors (Lipinski definition) is 1. The Morgan fingerprint density at radius 3 is 2.71 bits per heavy atom. The van der Waals surface area contributed by atoms with Crippen molar-refractivity contribution < 1.29 is 9.59 Å². The smallest absolute Gasteiger partial charge is 0.234 e. The summed E-state index contributed by atoms with van der Waals surface area (Å²) < 4.78 is 0. The van der Waals surface area contributed by atoms with Gasteiger partial charge in [0.15, 0.2) is 0 Å². The molecule has 4 nitrogen and oxygen atoms in total. The Bertz CT molecular complexity index is 564. The van der Waals surface area contributed by atoms with Crippen LogP contribution in [0.2, 0.25) is 0 Å². The van der Waals surface area contributed by atoms with E-state index in [2.05, 4.69) is 12.2 Å². The number of nitrogens with zero attached hydrogens (tertiary/aromatic N) is 1. The van der Waals surface area contributed by atoms with Gasteiger partial charge in [0.2, 0.25) is 11.8 Å². The molecule has 0 unspecified atom stereocenters. The van der Waals surface area contributed by atoms with E-state index in [1.54, 1.807) is 4.90 Å². The third-order valence-corrected chi connectivity index (χ3v) is 4.20. The monoisotopic (exact) mass is 288 g/mol. The van der Waals surface area contributed by atoms with Crippen molar-refractivity contribution >= 4 is 17.5 Å². The molecule has 21 heavy (non-hydrogen) atoms. The van der Waals surface area contributed by atoms with E-state index in [1.807, 2.05) is 39.1 Å². The number of carbonyl (C=O) groups excluding carboxylic acids is 2. The molecule has 1 aliphatic rings. The van der Waals surface area contributed by atoms with Crippen LogP contribution in [0.3, 0.4) is 0 Å². The van der Waals surface area contributed by atoms with E-state index in [-0.39, 0.29) is 11.8 Å². The molecular weight excluding hydrogens is 264 g/mol. The van der Waals surface area contributed by atoms with Crippen molar-refractivity contribution in [1.82, 2.24) is 4.90 Å². The predicted molar refractivity (Wildman–Crippen MR) is 84.3 cm³/mol. The molecule has 1 aromatic rings. The van der Waals surface area contributed by atoms with Crippen LogP contribution in [-0.4, -0.2) is 30.3 Å². The van der Waals surface area contributed by atoms with Gasteiger partial charge in [0.05, 0.1) is 11.8 Å². The Kier molecular flexibility index (Phi) is 4.35. The number of fused-ring (bicyclic) bond motifs is 1. The second-order valence-electron chi connectivity index (χ2n) is 6.30. The lowest BCUT2D eigenvalue weighted by Crippen LogP contribution is -2.29. The maximum Gasteiger partial charge on any atom is 0.234 e. The molecule has 0 saturated heterocycles. The van der Waals surface area contributed by atoms with Gasteiger partial charge in [0, 0.05) is 19.3 Å². The average molecular weight is 288 g/mol. The number of hydrogen-bond acceptors (Lipinski definition) is 2. The SMILES string of the molecule is CCCCN(C)C(=O)Cc1ccc2c(c1)C(C)(C)C(=O)N2. The Labute approximate surface area is 126 Å². The van der Waals surface area contributed by atoms with Crippen LogP contribution in [0, 0.1) is 0 Å². The summed E-state index contributed by atoms with van der Waals surface area (Å²) in [6.07, 6.45) is 2.49. The number of carbonyl (C=O) groups is 2. The van der Waals surface area contributed by atoms with Gasteiger partial charge in [-0.1, -0.05) is 25.5 Å². The highest BCUT2D eigenvalue weighted by molar-refractivity contribution is 6.05. The van der Waals surface area contributed by atoms with Crippen molar-refractivity contribution in [3.05, 3.63) is 29.3 Å². The van der Waals surface area contributed by atoms with E-state index in [9.17, 15) is 9.59 Å². The zero-order valence-corrected chi connectivity index (χ0v) is 13.3. The van der Waals surface area contributed by atoms with Crippen LogP contribution in [0.4, 0.5) is 5.69 Å². The predicted octanol–water partition coefficient (Wildman–Crippen LogP) is 2.72. The minimum Gasteiger partial charge on any atom is -0.345 e. The average Bonchev–Trinajstić information content (AvgIpc) is 2.67. The maximum atomic E-state index is 12.2. The van der Waals surface area contributed by atoms with Crippen LogP contribution < -0.4 is 5.32 Å². The Morgan fingerprint density at radius 2 is 2.05 bits per heavy atom. The molecule has 1 aromatic carbocycles. The number of benzene rings is 1. The summed E-state index contributed by atoms with van der Waals surface area (Å²) in [7, 11) is 1.85. The van der Waals surface area contributed by atoms with Crippen molar-refractivity contribution in [3.63, 3.8) is 0 Å². The second kappa shape index (κ2) is 5.88. The van der Waals surface area contributed by atoms with Crippen molar-refractivity contribution in [2.24, 2.45) is 0 Å². The third kappa shape index (κ3) is 3.09. The topological polar surface area (TPSA) is 49.4 Å². The largest absolute Gasteiger partial charge is 0.345 e. The number of nitrogens with one attached hydrogen (secondary N) is 1. The molecule has 0 aromatic heterocycles. The van der Waals surface area contributed by atoms with Gasteiger partial charge in [-0.15, -0.1) is 0 Å². The number of rotatable bonds is 5. The first-order chi connectivity index (χ1) is 9.86. The number of anilines is 1. The molecule has 0 bridgehead atoms. The third-order valence-electron chi connectivity index (χ3n) is 4.20. The van der Waals surface area contributed by atoms with Crippen molar-refractivity contribution in [2.75, 3.05) is 18.9 Å². The molecule has 0 spiro atoms. The number of amides is 2. The highest BCUT2D eigenvalue weighted by atomic mass is 16.2. The minimum absolute atomic E-state index is 0.0149. The fraction of sp³-hybridized carbons (Fsp3) is 0.529. The van der Waals surface area contributed by atoms with E-state index >= 15 is 0 Å². The van der Waals surface area contributed by atoms with Crippen molar-refractivity contribution in [1.29, 1.82) is 0 Å². The molecule has 2 rings (SSSR count). The molecule has 1 N–H and O–H groups in total. The first-order valence-electron chi connectivity index (χ1n) is 7.55. The molecule has 1 aliphatic heterocycles. The second-order valence-corrected chi connectivity index (χ2v) is 6.30. The summed E-state index contributed by atoms with van der Waals surface area (Å²) in [5, 5.41) is 2.88. The summed E-state index contributed by atoms with van der Waals surface area (Å²) in [6, 6.07) is 5.81. The van der Waals surface area contributed by atoms with Crippen molar-refractivity contribution in [2.45, 2.75) is 45.4 Å². The van der Waals surface area contributed by atoms with E-state index in [4.69, 9.17) is 0 Å². The van der Waals surface area contributed by atoms with Gasteiger partial charge >= 0.3 is 0 Å². The molecule has 4 heteroatoms. The van der Waals surface area contributed by atoms with E-state index < -0.39 is 5.41 Å².